The molecule has 4 nitrogen and oxygen atoms in total. The number of nitrogens with one attached hydrogen (secondary N) is 1. The average molecular weight is 318 g/mol. The van der Waals surface area contributed by atoms with Crippen LogP contribution >= 0.6 is 22.9 Å². The Morgan fingerprint density at radius 2 is 2.10 bits per heavy atom. The highest BCUT2D eigenvalue weighted by molar-refractivity contribution is 7.17. The third-order valence-corrected chi connectivity index (χ3v) is 5.29. The molecule has 2 aromatic heterocycles. The summed E-state index contributed by atoms with van der Waals surface area (Å²) in [5.41, 5.74) is 1.35. The van der Waals surface area contributed by atoms with Gasteiger partial charge in [0.2, 0.25) is 5.13 Å². The summed E-state index contributed by atoms with van der Waals surface area (Å²) in [5, 5.41) is 8.03. The molecular formula is C15H18N4S2. The molecule has 0 aliphatic heterocycles. The van der Waals surface area contributed by atoms with Crippen molar-refractivity contribution in [2.75, 3.05) is 19.0 Å². The maximum atomic E-state index is 4.50. The van der Waals surface area contributed by atoms with Gasteiger partial charge in [-0.05, 0) is 29.3 Å². The van der Waals surface area contributed by atoms with Gasteiger partial charge in [-0.15, -0.1) is 11.3 Å². The summed E-state index contributed by atoms with van der Waals surface area (Å²) in [7, 11) is 3.97. The normalized spacial score (nSPS) is 12.7. The van der Waals surface area contributed by atoms with Crippen molar-refractivity contribution >= 4 is 38.1 Å². The molecule has 0 saturated carbocycles. The summed E-state index contributed by atoms with van der Waals surface area (Å²) in [6.07, 6.45) is 0. The molecule has 3 aromatic rings. The SMILES string of the molecule is CC(NCc1nsc(N(C)C)n1)c1csc2ccccc12. The minimum atomic E-state index is 0.285. The molecule has 21 heavy (non-hydrogen) atoms. The predicted molar refractivity (Wildman–Crippen MR) is 91.3 cm³/mol. The second-order valence-corrected chi connectivity index (χ2v) is 6.82. The molecule has 1 N–H and O–H groups in total. The molecule has 0 fully saturated rings. The van der Waals surface area contributed by atoms with E-state index in [-0.39, 0.29) is 6.04 Å². The smallest absolute Gasteiger partial charge is 0.204 e. The number of anilines is 1. The van der Waals surface area contributed by atoms with Crippen LogP contribution in [-0.2, 0) is 6.54 Å². The highest BCUT2D eigenvalue weighted by Crippen LogP contribution is 2.30. The van der Waals surface area contributed by atoms with Gasteiger partial charge in [0.1, 0.15) is 0 Å². The highest BCUT2D eigenvalue weighted by Gasteiger charge is 2.12. The lowest BCUT2D eigenvalue weighted by Crippen LogP contribution is -2.18. The van der Waals surface area contributed by atoms with Crippen LogP contribution in [0.1, 0.15) is 24.4 Å². The molecule has 1 unspecified atom stereocenters. The van der Waals surface area contributed by atoms with Gasteiger partial charge in [-0.3, -0.25) is 0 Å². The molecule has 0 amide bonds. The van der Waals surface area contributed by atoms with E-state index in [1.165, 1.54) is 27.2 Å². The number of nitrogens with zero attached hydrogens (tertiary/aromatic N) is 3. The van der Waals surface area contributed by atoms with E-state index in [0.717, 1.165) is 11.0 Å². The van der Waals surface area contributed by atoms with E-state index in [4.69, 9.17) is 0 Å². The first-order valence-corrected chi connectivity index (χ1v) is 8.50. The fourth-order valence-electron chi connectivity index (χ4n) is 2.19. The van der Waals surface area contributed by atoms with Gasteiger partial charge >= 0.3 is 0 Å². The fourth-order valence-corrected chi connectivity index (χ4v) is 3.84. The number of thiophene rings is 1. The minimum Gasteiger partial charge on any atom is -0.353 e. The Bertz CT molecular complexity index is 732. The van der Waals surface area contributed by atoms with Crippen LogP contribution in [0.5, 0.6) is 0 Å². The molecule has 0 saturated heterocycles. The van der Waals surface area contributed by atoms with Gasteiger partial charge in [0.05, 0.1) is 6.54 Å². The van der Waals surface area contributed by atoms with Crippen LogP contribution in [0.15, 0.2) is 29.6 Å². The van der Waals surface area contributed by atoms with E-state index in [9.17, 15) is 0 Å². The molecule has 0 bridgehead atoms. The molecule has 0 radical (unpaired) electrons. The zero-order valence-electron chi connectivity index (χ0n) is 12.3. The van der Waals surface area contributed by atoms with Gasteiger partial charge in [0.15, 0.2) is 5.82 Å². The summed E-state index contributed by atoms with van der Waals surface area (Å²) < 4.78 is 5.72. The van der Waals surface area contributed by atoms with Gasteiger partial charge in [-0.1, -0.05) is 18.2 Å². The number of rotatable bonds is 5. The van der Waals surface area contributed by atoms with Crippen LogP contribution in [0.3, 0.4) is 0 Å². The lowest BCUT2D eigenvalue weighted by molar-refractivity contribution is 0.567. The summed E-state index contributed by atoms with van der Waals surface area (Å²) in [6, 6.07) is 8.82. The van der Waals surface area contributed by atoms with Crippen LogP contribution in [0.25, 0.3) is 10.1 Å². The van der Waals surface area contributed by atoms with Gasteiger partial charge in [-0.25, -0.2) is 4.98 Å². The molecular weight excluding hydrogens is 300 g/mol. The summed E-state index contributed by atoms with van der Waals surface area (Å²) >= 11 is 3.23. The number of benzene rings is 1. The van der Waals surface area contributed by atoms with Crippen molar-refractivity contribution in [1.29, 1.82) is 0 Å². The number of hydrogen-bond acceptors (Lipinski definition) is 6. The fraction of sp³-hybridized carbons (Fsp3) is 0.333. The monoisotopic (exact) mass is 318 g/mol. The van der Waals surface area contributed by atoms with E-state index in [1.807, 2.05) is 19.0 Å². The molecule has 2 heterocycles. The Morgan fingerprint density at radius 3 is 2.86 bits per heavy atom. The zero-order chi connectivity index (χ0) is 14.8. The largest absolute Gasteiger partial charge is 0.353 e. The molecule has 0 aliphatic carbocycles. The molecule has 110 valence electrons. The quantitative estimate of drug-likeness (QED) is 0.779. The van der Waals surface area contributed by atoms with Gasteiger partial charge in [-0.2, -0.15) is 4.37 Å². The van der Waals surface area contributed by atoms with Crippen molar-refractivity contribution in [2.24, 2.45) is 0 Å². The Morgan fingerprint density at radius 1 is 1.29 bits per heavy atom. The van der Waals surface area contributed by atoms with Crippen molar-refractivity contribution < 1.29 is 0 Å². The Kier molecular flexibility index (Phi) is 4.19. The van der Waals surface area contributed by atoms with Gasteiger partial charge < -0.3 is 10.2 Å². The van der Waals surface area contributed by atoms with E-state index < -0.39 is 0 Å². The van der Waals surface area contributed by atoms with Crippen LogP contribution in [-0.4, -0.2) is 23.5 Å². The summed E-state index contributed by atoms with van der Waals surface area (Å²) in [5.74, 6) is 0.857. The second-order valence-electron chi connectivity index (χ2n) is 5.18. The maximum Gasteiger partial charge on any atom is 0.204 e. The van der Waals surface area contributed by atoms with Crippen molar-refractivity contribution in [3.05, 3.63) is 41.0 Å². The van der Waals surface area contributed by atoms with E-state index in [2.05, 4.69) is 51.2 Å². The first-order valence-electron chi connectivity index (χ1n) is 6.84. The van der Waals surface area contributed by atoms with Crippen molar-refractivity contribution in [3.8, 4) is 0 Å². The zero-order valence-corrected chi connectivity index (χ0v) is 14.0. The third-order valence-electron chi connectivity index (χ3n) is 3.38. The van der Waals surface area contributed by atoms with Crippen LogP contribution in [0.4, 0.5) is 5.13 Å². The minimum absolute atomic E-state index is 0.285. The molecule has 1 aromatic carbocycles. The lowest BCUT2D eigenvalue weighted by atomic mass is 10.1. The maximum absolute atomic E-state index is 4.50. The van der Waals surface area contributed by atoms with Crippen molar-refractivity contribution in [1.82, 2.24) is 14.7 Å². The van der Waals surface area contributed by atoms with Crippen LogP contribution in [0, 0.1) is 0 Å². The molecule has 0 aliphatic rings. The molecule has 0 spiro atoms. The number of aromatic nitrogens is 2. The lowest BCUT2D eigenvalue weighted by Gasteiger charge is -2.12. The van der Waals surface area contributed by atoms with E-state index >= 15 is 0 Å². The number of hydrogen-bond donors (Lipinski definition) is 1. The Hall–Kier alpha value is -1.50. The first-order chi connectivity index (χ1) is 10.1. The van der Waals surface area contributed by atoms with Crippen molar-refractivity contribution in [3.63, 3.8) is 0 Å². The predicted octanol–water partition coefficient (Wildman–Crippen LogP) is 3.67. The average Bonchev–Trinajstić information content (AvgIpc) is 3.11. The topological polar surface area (TPSA) is 41.1 Å². The van der Waals surface area contributed by atoms with Gasteiger partial charge in [0, 0.05) is 36.4 Å². The van der Waals surface area contributed by atoms with Crippen LogP contribution < -0.4 is 10.2 Å². The third kappa shape index (κ3) is 3.07. The highest BCUT2D eigenvalue weighted by atomic mass is 32.1. The van der Waals surface area contributed by atoms with E-state index in [1.54, 1.807) is 11.3 Å². The Balaban J connectivity index is 1.69. The summed E-state index contributed by atoms with van der Waals surface area (Å²) in [4.78, 5) is 6.48. The van der Waals surface area contributed by atoms with Crippen LogP contribution in [0.2, 0.25) is 0 Å². The number of fused-ring (bicyclic) bond motifs is 1. The van der Waals surface area contributed by atoms with Gasteiger partial charge in [0.25, 0.3) is 0 Å². The Labute approximate surface area is 132 Å². The molecule has 1 atom stereocenters. The summed E-state index contributed by atoms with van der Waals surface area (Å²) in [6.45, 7) is 2.88. The second kappa shape index (κ2) is 6.09. The molecule has 3 rings (SSSR count). The van der Waals surface area contributed by atoms with Crippen molar-refractivity contribution in [2.45, 2.75) is 19.5 Å². The standard InChI is InChI=1S/C15H18N4S2/c1-10(12-9-20-13-7-5-4-6-11(12)13)16-8-14-17-15(19(2)3)21-18-14/h4-7,9-10,16H,8H2,1-3H3. The van der Waals surface area contributed by atoms with E-state index in [0.29, 0.717) is 6.54 Å². The first kappa shape index (κ1) is 14.4. The molecule has 6 heteroatoms.